The second kappa shape index (κ2) is 5.33. The topological polar surface area (TPSA) is 72.2 Å². The second-order valence-corrected chi connectivity index (χ2v) is 6.25. The summed E-state index contributed by atoms with van der Waals surface area (Å²) < 4.78 is 53.5. The van der Waals surface area contributed by atoms with E-state index in [4.69, 9.17) is 5.73 Å². The van der Waals surface area contributed by atoms with Crippen LogP contribution in [0.1, 0.15) is 11.1 Å². The molecule has 0 aliphatic rings. The summed E-state index contributed by atoms with van der Waals surface area (Å²) in [5, 5.41) is 0. The Morgan fingerprint density at radius 1 is 1.10 bits per heavy atom. The predicted octanol–water partition coefficient (Wildman–Crippen LogP) is 2.96. The van der Waals surface area contributed by atoms with E-state index in [0.29, 0.717) is 5.56 Å². The number of aryl methyl sites for hydroxylation is 1. The lowest BCUT2D eigenvalue weighted by Gasteiger charge is -2.14. The van der Waals surface area contributed by atoms with E-state index in [0.717, 1.165) is 17.7 Å². The first-order valence-electron chi connectivity index (χ1n) is 6.06. The summed E-state index contributed by atoms with van der Waals surface area (Å²) in [5.41, 5.74) is 6.48. The van der Waals surface area contributed by atoms with Gasteiger partial charge in [-0.05, 0) is 43.2 Å². The van der Waals surface area contributed by atoms with Gasteiger partial charge in [0.25, 0.3) is 10.0 Å². The van der Waals surface area contributed by atoms with Gasteiger partial charge in [0.2, 0.25) is 0 Å². The summed E-state index contributed by atoms with van der Waals surface area (Å²) in [6.45, 7) is 3.33. The zero-order valence-electron chi connectivity index (χ0n) is 11.4. The van der Waals surface area contributed by atoms with Crippen molar-refractivity contribution in [2.45, 2.75) is 18.7 Å². The molecule has 0 bridgehead atoms. The maximum absolute atomic E-state index is 13.6. The Labute approximate surface area is 121 Å². The van der Waals surface area contributed by atoms with Gasteiger partial charge in [-0.1, -0.05) is 12.1 Å². The molecule has 21 heavy (non-hydrogen) atoms. The third-order valence-electron chi connectivity index (χ3n) is 3.17. The van der Waals surface area contributed by atoms with E-state index >= 15 is 0 Å². The lowest BCUT2D eigenvalue weighted by Crippen LogP contribution is -2.17. The minimum absolute atomic E-state index is 0.0439. The third-order valence-corrected chi connectivity index (χ3v) is 4.74. The number of halogens is 2. The van der Waals surface area contributed by atoms with Gasteiger partial charge in [0.05, 0.1) is 11.4 Å². The molecule has 0 aliphatic carbocycles. The summed E-state index contributed by atoms with van der Waals surface area (Å²) in [7, 11) is -4.12. The molecule has 0 saturated heterocycles. The van der Waals surface area contributed by atoms with Crippen molar-refractivity contribution in [1.29, 1.82) is 0 Å². The van der Waals surface area contributed by atoms with Crippen molar-refractivity contribution in [1.82, 2.24) is 0 Å². The van der Waals surface area contributed by atoms with E-state index < -0.39 is 27.3 Å². The van der Waals surface area contributed by atoms with E-state index in [1.807, 2.05) is 4.72 Å². The fourth-order valence-corrected chi connectivity index (χ4v) is 3.44. The Hall–Kier alpha value is -2.15. The average Bonchev–Trinajstić information content (AvgIpc) is 2.39. The molecule has 112 valence electrons. The summed E-state index contributed by atoms with van der Waals surface area (Å²) in [4.78, 5) is -0.133. The molecule has 2 aromatic carbocycles. The Morgan fingerprint density at radius 2 is 1.76 bits per heavy atom. The maximum atomic E-state index is 13.6. The number of anilines is 2. The van der Waals surface area contributed by atoms with Crippen LogP contribution in [0.4, 0.5) is 20.2 Å². The van der Waals surface area contributed by atoms with Crippen LogP contribution >= 0.6 is 0 Å². The van der Waals surface area contributed by atoms with Gasteiger partial charge in [-0.3, -0.25) is 4.72 Å². The van der Waals surface area contributed by atoms with Crippen LogP contribution in [0.5, 0.6) is 0 Å². The van der Waals surface area contributed by atoms with Crippen molar-refractivity contribution >= 4 is 21.4 Å². The zero-order chi connectivity index (χ0) is 15.8. The van der Waals surface area contributed by atoms with Gasteiger partial charge in [-0.25, -0.2) is 17.2 Å². The van der Waals surface area contributed by atoms with Crippen molar-refractivity contribution < 1.29 is 17.2 Å². The molecule has 7 heteroatoms. The van der Waals surface area contributed by atoms with Gasteiger partial charge in [0, 0.05) is 0 Å². The SMILES string of the molecule is Cc1ccc(N)c(S(=O)(=O)Nc2cccc(F)c2F)c1C. The number of hydrogen-bond donors (Lipinski definition) is 2. The molecular weight excluding hydrogens is 298 g/mol. The minimum atomic E-state index is -4.12. The summed E-state index contributed by atoms with van der Waals surface area (Å²) >= 11 is 0. The van der Waals surface area contributed by atoms with E-state index in [1.54, 1.807) is 19.9 Å². The molecule has 2 aromatic rings. The number of nitrogens with one attached hydrogen (secondary N) is 1. The summed E-state index contributed by atoms with van der Waals surface area (Å²) in [5.74, 6) is -2.39. The third kappa shape index (κ3) is 2.82. The number of nitrogens with two attached hydrogens (primary N) is 1. The number of sulfonamides is 1. The molecule has 0 spiro atoms. The van der Waals surface area contributed by atoms with Gasteiger partial charge in [-0.2, -0.15) is 0 Å². The van der Waals surface area contributed by atoms with Crippen molar-refractivity contribution in [2.24, 2.45) is 0 Å². The van der Waals surface area contributed by atoms with Crippen molar-refractivity contribution in [3.8, 4) is 0 Å². The Morgan fingerprint density at radius 3 is 2.43 bits per heavy atom. The number of rotatable bonds is 3. The van der Waals surface area contributed by atoms with Gasteiger partial charge in [-0.15, -0.1) is 0 Å². The number of nitrogen functional groups attached to an aromatic ring is 1. The molecule has 0 saturated carbocycles. The van der Waals surface area contributed by atoms with Crippen LogP contribution in [0.15, 0.2) is 35.2 Å². The van der Waals surface area contributed by atoms with Gasteiger partial charge in [0.1, 0.15) is 4.90 Å². The van der Waals surface area contributed by atoms with E-state index in [9.17, 15) is 17.2 Å². The van der Waals surface area contributed by atoms with Crippen LogP contribution in [0, 0.1) is 25.5 Å². The van der Waals surface area contributed by atoms with Crippen molar-refractivity contribution in [3.05, 3.63) is 53.1 Å². The zero-order valence-corrected chi connectivity index (χ0v) is 12.3. The van der Waals surface area contributed by atoms with Gasteiger partial charge >= 0.3 is 0 Å². The van der Waals surface area contributed by atoms with Crippen molar-refractivity contribution in [2.75, 3.05) is 10.5 Å². The predicted molar refractivity (Wildman–Crippen MR) is 77.5 cm³/mol. The Bertz CT molecular complexity index is 805. The van der Waals surface area contributed by atoms with Crippen LogP contribution in [-0.2, 0) is 10.0 Å². The van der Waals surface area contributed by atoms with Crippen LogP contribution in [0.3, 0.4) is 0 Å². The van der Waals surface area contributed by atoms with Crippen LogP contribution in [-0.4, -0.2) is 8.42 Å². The lowest BCUT2D eigenvalue weighted by molar-refractivity contribution is 0.511. The second-order valence-electron chi connectivity index (χ2n) is 4.63. The highest BCUT2D eigenvalue weighted by atomic mass is 32.2. The molecule has 0 unspecified atom stereocenters. The molecule has 0 aromatic heterocycles. The monoisotopic (exact) mass is 312 g/mol. The highest BCUT2D eigenvalue weighted by Crippen LogP contribution is 2.28. The van der Waals surface area contributed by atoms with Gasteiger partial charge in [0.15, 0.2) is 11.6 Å². The molecular formula is C14H14F2N2O2S. The Balaban J connectivity index is 2.54. The fraction of sp³-hybridized carbons (Fsp3) is 0.143. The number of benzene rings is 2. The highest BCUT2D eigenvalue weighted by molar-refractivity contribution is 7.93. The molecule has 0 heterocycles. The smallest absolute Gasteiger partial charge is 0.264 e. The van der Waals surface area contributed by atoms with E-state index in [2.05, 4.69) is 0 Å². The molecule has 0 radical (unpaired) electrons. The van der Waals surface area contributed by atoms with Crippen LogP contribution in [0.2, 0.25) is 0 Å². The molecule has 0 atom stereocenters. The molecule has 2 rings (SSSR count). The quantitative estimate of drug-likeness (QED) is 0.856. The largest absolute Gasteiger partial charge is 0.398 e. The normalized spacial score (nSPS) is 11.4. The van der Waals surface area contributed by atoms with Crippen molar-refractivity contribution in [3.63, 3.8) is 0 Å². The fourth-order valence-electron chi connectivity index (χ4n) is 1.95. The molecule has 0 aliphatic heterocycles. The van der Waals surface area contributed by atoms with E-state index in [-0.39, 0.29) is 10.6 Å². The average molecular weight is 312 g/mol. The molecule has 0 amide bonds. The highest BCUT2D eigenvalue weighted by Gasteiger charge is 2.23. The van der Waals surface area contributed by atoms with Crippen LogP contribution < -0.4 is 10.5 Å². The number of hydrogen-bond acceptors (Lipinski definition) is 3. The first-order chi connectivity index (χ1) is 9.74. The van der Waals surface area contributed by atoms with E-state index in [1.165, 1.54) is 12.1 Å². The summed E-state index contributed by atoms with van der Waals surface area (Å²) in [6.07, 6.45) is 0. The van der Waals surface area contributed by atoms with Crippen LogP contribution in [0.25, 0.3) is 0 Å². The molecule has 3 N–H and O–H groups in total. The standard InChI is InChI=1S/C14H14F2N2O2S/c1-8-6-7-11(17)14(9(8)2)21(19,20)18-12-5-3-4-10(15)13(12)16/h3-7,18H,17H2,1-2H3. The first-order valence-corrected chi connectivity index (χ1v) is 7.55. The minimum Gasteiger partial charge on any atom is -0.398 e. The maximum Gasteiger partial charge on any atom is 0.264 e. The van der Waals surface area contributed by atoms with Gasteiger partial charge < -0.3 is 5.73 Å². The molecule has 4 nitrogen and oxygen atoms in total. The summed E-state index contributed by atoms with van der Waals surface area (Å²) in [6, 6.07) is 6.39. The lowest BCUT2D eigenvalue weighted by atomic mass is 10.1. The molecule has 0 fully saturated rings. The first kappa shape index (κ1) is 15.2. The Kier molecular flexibility index (Phi) is 3.87.